The highest BCUT2D eigenvalue weighted by Gasteiger charge is 2.10. The molecule has 0 aliphatic carbocycles. The highest BCUT2D eigenvalue weighted by molar-refractivity contribution is 9.10. The summed E-state index contributed by atoms with van der Waals surface area (Å²) >= 11 is 9.63. The second-order valence-electron chi connectivity index (χ2n) is 3.11. The van der Waals surface area contributed by atoms with E-state index in [1.54, 1.807) is 0 Å². The van der Waals surface area contributed by atoms with Gasteiger partial charge in [0, 0.05) is 27.5 Å². The van der Waals surface area contributed by atoms with Crippen LogP contribution in [0, 0.1) is 0 Å². The van der Waals surface area contributed by atoms with E-state index in [0.717, 1.165) is 27.5 Å². The van der Waals surface area contributed by atoms with Crippen molar-refractivity contribution < 1.29 is 0 Å². The number of fused-ring (bicyclic) bond motifs is 1. The van der Waals surface area contributed by atoms with Gasteiger partial charge in [0.2, 0.25) is 0 Å². The van der Waals surface area contributed by atoms with Gasteiger partial charge in [0.05, 0.1) is 0 Å². The van der Waals surface area contributed by atoms with Crippen molar-refractivity contribution in [3.63, 3.8) is 0 Å². The minimum atomic E-state index is 0.709. The molecular weight excluding hydrogens is 263 g/mol. The first-order chi connectivity index (χ1) is 6.74. The van der Waals surface area contributed by atoms with Crippen molar-refractivity contribution in [1.82, 2.24) is 10.3 Å². The van der Waals surface area contributed by atoms with Gasteiger partial charge in [-0.15, -0.1) is 0 Å². The molecule has 4 heteroatoms. The number of hydrogen-bond acceptors (Lipinski definition) is 1. The topological polar surface area (TPSA) is 27.8 Å². The fraction of sp³-hybridized carbons (Fsp3) is 0.200. The minimum Gasteiger partial charge on any atom is -0.345 e. The zero-order valence-electron chi connectivity index (χ0n) is 7.70. The first-order valence-corrected chi connectivity index (χ1v) is 5.50. The van der Waals surface area contributed by atoms with E-state index in [2.05, 4.69) is 26.2 Å². The van der Waals surface area contributed by atoms with Gasteiger partial charge in [0.25, 0.3) is 0 Å². The molecule has 0 amide bonds. The molecule has 0 fully saturated rings. The van der Waals surface area contributed by atoms with Gasteiger partial charge in [-0.1, -0.05) is 33.6 Å². The lowest BCUT2D eigenvalue weighted by molar-refractivity contribution is 0.823. The summed E-state index contributed by atoms with van der Waals surface area (Å²) in [4.78, 5) is 3.15. The molecule has 1 aromatic heterocycles. The van der Waals surface area contributed by atoms with Crippen molar-refractivity contribution in [2.24, 2.45) is 0 Å². The van der Waals surface area contributed by atoms with Crippen LogP contribution in [0.4, 0.5) is 0 Å². The molecule has 0 aliphatic rings. The standard InChI is InChI=1S/C10H10BrClN2/c1-13-5-6-9-7(11)3-2-4-8(9)14-10(6)12/h2-4,13-14H,5H2,1H3. The lowest BCUT2D eigenvalue weighted by Crippen LogP contribution is -2.04. The van der Waals surface area contributed by atoms with E-state index in [9.17, 15) is 0 Å². The molecule has 14 heavy (non-hydrogen) atoms. The summed E-state index contributed by atoms with van der Waals surface area (Å²) in [7, 11) is 1.91. The number of aromatic amines is 1. The summed E-state index contributed by atoms with van der Waals surface area (Å²) in [6.07, 6.45) is 0. The Morgan fingerprint density at radius 3 is 3.00 bits per heavy atom. The monoisotopic (exact) mass is 272 g/mol. The average Bonchev–Trinajstić information content (AvgIpc) is 2.45. The molecule has 1 aromatic carbocycles. The molecule has 0 bridgehead atoms. The van der Waals surface area contributed by atoms with Crippen molar-refractivity contribution in [2.75, 3.05) is 7.05 Å². The fourth-order valence-corrected chi connectivity index (χ4v) is 2.45. The lowest BCUT2D eigenvalue weighted by Gasteiger charge is -2.00. The van der Waals surface area contributed by atoms with Gasteiger partial charge in [-0.05, 0) is 19.2 Å². The number of benzene rings is 1. The van der Waals surface area contributed by atoms with Crippen molar-refractivity contribution in [3.8, 4) is 0 Å². The quantitative estimate of drug-likeness (QED) is 0.863. The Morgan fingerprint density at radius 2 is 2.29 bits per heavy atom. The number of rotatable bonds is 2. The van der Waals surface area contributed by atoms with Gasteiger partial charge in [-0.2, -0.15) is 0 Å². The molecule has 0 spiro atoms. The van der Waals surface area contributed by atoms with Crippen molar-refractivity contribution >= 4 is 38.4 Å². The molecule has 74 valence electrons. The predicted octanol–water partition coefficient (Wildman–Crippen LogP) is 3.30. The number of H-pyrrole nitrogens is 1. The van der Waals surface area contributed by atoms with Gasteiger partial charge in [-0.3, -0.25) is 0 Å². The van der Waals surface area contributed by atoms with Crippen LogP contribution in [-0.2, 0) is 6.54 Å². The Balaban J connectivity index is 2.73. The van der Waals surface area contributed by atoms with Crippen LogP contribution in [0.5, 0.6) is 0 Å². The molecule has 0 unspecified atom stereocenters. The van der Waals surface area contributed by atoms with Crippen LogP contribution in [0.2, 0.25) is 5.15 Å². The molecule has 0 radical (unpaired) electrons. The van der Waals surface area contributed by atoms with Crippen molar-refractivity contribution in [3.05, 3.63) is 33.4 Å². The largest absolute Gasteiger partial charge is 0.345 e. The Kier molecular flexibility index (Phi) is 2.81. The van der Waals surface area contributed by atoms with Crippen LogP contribution in [0.1, 0.15) is 5.56 Å². The second kappa shape index (κ2) is 3.93. The molecule has 0 aliphatic heterocycles. The summed E-state index contributed by atoms with van der Waals surface area (Å²) < 4.78 is 1.07. The van der Waals surface area contributed by atoms with Crippen LogP contribution in [-0.4, -0.2) is 12.0 Å². The van der Waals surface area contributed by atoms with Crippen LogP contribution >= 0.6 is 27.5 Å². The van der Waals surface area contributed by atoms with Crippen LogP contribution < -0.4 is 5.32 Å². The highest BCUT2D eigenvalue weighted by Crippen LogP contribution is 2.31. The first kappa shape index (κ1) is 10.0. The molecular formula is C10H10BrClN2. The Hall–Kier alpha value is -0.510. The number of nitrogens with one attached hydrogen (secondary N) is 2. The zero-order valence-corrected chi connectivity index (χ0v) is 10.0. The van der Waals surface area contributed by atoms with Gasteiger partial charge >= 0.3 is 0 Å². The fourth-order valence-electron chi connectivity index (χ4n) is 1.58. The normalized spacial score (nSPS) is 11.1. The molecule has 2 N–H and O–H groups in total. The maximum absolute atomic E-state index is 6.10. The molecule has 0 saturated heterocycles. The van der Waals surface area contributed by atoms with Gasteiger partial charge < -0.3 is 10.3 Å². The number of halogens is 2. The van der Waals surface area contributed by atoms with Crippen molar-refractivity contribution in [1.29, 1.82) is 0 Å². The molecule has 2 nitrogen and oxygen atoms in total. The van der Waals surface area contributed by atoms with Gasteiger partial charge in [0.1, 0.15) is 5.15 Å². The van der Waals surface area contributed by atoms with E-state index in [0.29, 0.717) is 5.15 Å². The molecule has 1 heterocycles. The van der Waals surface area contributed by atoms with Crippen LogP contribution in [0.25, 0.3) is 10.9 Å². The van der Waals surface area contributed by atoms with Crippen LogP contribution in [0.3, 0.4) is 0 Å². The van der Waals surface area contributed by atoms with E-state index < -0.39 is 0 Å². The highest BCUT2D eigenvalue weighted by atomic mass is 79.9. The predicted molar refractivity (Wildman–Crippen MR) is 63.8 cm³/mol. The lowest BCUT2D eigenvalue weighted by atomic mass is 10.2. The van der Waals surface area contributed by atoms with Gasteiger partial charge in [0.15, 0.2) is 0 Å². The maximum Gasteiger partial charge on any atom is 0.111 e. The van der Waals surface area contributed by atoms with E-state index in [-0.39, 0.29) is 0 Å². The minimum absolute atomic E-state index is 0.709. The Bertz CT molecular complexity index is 464. The summed E-state index contributed by atoms with van der Waals surface area (Å²) in [6, 6.07) is 6.03. The Morgan fingerprint density at radius 1 is 1.50 bits per heavy atom. The third kappa shape index (κ3) is 1.56. The van der Waals surface area contributed by atoms with Crippen LogP contribution in [0.15, 0.2) is 22.7 Å². The van der Waals surface area contributed by atoms with Gasteiger partial charge in [-0.25, -0.2) is 0 Å². The summed E-state index contributed by atoms with van der Waals surface area (Å²) in [5, 5.41) is 4.97. The van der Waals surface area contributed by atoms with E-state index in [4.69, 9.17) is 11.6 Å². The second-order valence-corrected chi connectivity index (χ2v) is 4.34. The SMILES string of the molecule is CNCc1c(Cl)[nH]c2cccc(Br)c12. The van der Waals surface area contributed by atoms with E-state index in [1.807, 2.05) is 25.2 Å². The third-order valence-electron chi connectivity index (χ3n) is 2.18. The summed E-state index contributed by atoms with van der Waals surface area (Å²) in [5.41, 5.74) is 2.17. The van der Waals surface area contributed by atoms with E-state index in [1.165, 1.54) is 0 Å². The first-order valence-electron chi connectivity index (χ1n) is 4.33. The average molecular weight is 274 g/mol. The maximum atomic E-state index is 6.10. The summed E-state index contributed by atoms with van der Waals surface area (Å²) in [5.74, 6) is 0. The number of hydrogen-bond donors (Lipinski definition) is 2. The third-order valence-corrected chi connectivity index (χ3v) is 3.16. The Labute approximate surface area is 95.8 Å². The van der Waals surface area contributed by atoms with E-state index >= 15 is 0 Å². The molecule has 2 aromatic rings. The molecule has 0 atom stereocenters. The molecule has 0 saturated carbocycles. The zero-order chi connectivity index (χ0) is 10.1. The molecule has 2 rings (SSSR count). The van der Waals surface area contributed by atoms with Crippen molar-refractivity contribution in [2.45, 2.75) is 6.54 Å². The smallest absolute Gasteiger partial charge is 0.111 e. The summed E-state index contributed by atoms with van der Waals surface area (Å²) in [6.45, 7) is 0.765. The number of aromatic nitrogens is 1.